The Morgan fingerprint density at radius 3 is 2.88 bits per heavy atom. The molecular formula is C10H8BrFN2O2. The van der Waals surface area contributed by atoms with Crippen LogP contribution in [0.4, 0.5) is 10.2 Å². The highest BCUT2D eigenvalue weighted by Gasteiger charge is 2.20. The van der Waals surface area contributed by atoms with E-state index in [1.807, 2.05) is 0 Å². The van der Waals surface area contributed by atoms with Crippen molar-refractivity contribution < 1.29 is 13.9 Å². The number of aromatic amines is 1. The van der Waals surface area contributed by atoms with E-state index in [1.165, 1.54) is 19.2 Å². The highest BCUT2D eigenvalue weighted by atomic mass is 79.9. The molecular weight excluding hydrogens is 279 g/mol. The normalized spacial score (nSPS) is 10.7. The van der Waals surface area contributed by atoms with Gasteiger partial charge in [-0.3, -0.25) is 0 Å². The Kier molecular flexibility index (Phi) is 2.59. The standard InChI is InChI=1S/C10H8BrFN2O2/c1-16-10(15)8-7-5(11)2-4(12)3-6(7)14-9(8)13/h2-3,14H,13H2,1H3. The van der Waals surface area contributed by atoms with E-state index < -0.39 is 11.8 Å². The fourth-order valence-electron chi connectivity index (χ4n) is 1.58. The Morgan fingerprint density at radius 2 is 2.25 bits per heavy atom. The largest absolute Gasteiger partial charge is 0.465 e. The molecule has 16 heavy (non-hydrogen) atoms. The molecule has 0 aliphatic heterocycles. The number of halogens is 2. The summed E-state index contributed by atoms with van der Waals surface area (Å²) in [5, 5.41) is 0.519. The molecule has 0 amide bonds. The summed E-state index contributed by atoms with van der Waals surface area (Å²) in [6.07, 6.45) is 0. The molecule has 84 valence electrons. The second-order valence-electron chi connectivity index (χ2n) is 3.22. The van der Waals surface area contributed by atoms with Gasteiger partial charge < -0.3 is 15.5 Å². The number of anilines is 1. The summed E-state index contributed by atoms with van der Waals surface area (Å²) in [6.45, 7) is 0. The van der Waals surface area contributed by atoms with Gasteiger partial charge >= 0.3 is 5.97 Å². The number of hydrogen-bond donors (Lipinski definition) is 2. The molecule has 0 spiro atoms. The predicted molar refractivity (Wildman–Crippen MR) is 61.7 cm³/mol. The van der Waals surface area contributed by atoms with E-state index in [4.69, 9.17) is 5.73 Å². The molecule has 0 bridgehead atoms. The van der Waals surface area contributed by atoms with Gasteiger partial charge in [0.1, 0.15) is 17.2 Å². The van der Waals surface area contributed by atoms with Gasteiger partial charge in [-0.05, 0) is 28.1 Å². The SMILES string of the molecule is COC(=O)c1c(N)[nH]c2cc(F)cc(Br)c12. The minimum atomic E-state index is -0.559. The number of hydrogen-bond acceptors (Lipinski definition) is 3. The average molecular weight is 287 g/mol. The summed E-state index contributed by atoms with van der Waals surface area (Å²) in [7, 11) is 1.26. The van der Waals surface area contributed by atoms with Crippen molar-refractivity contribution in [1.82, 2.24) is 4.98 Å². The van der Waals surface area contributed by atoms with Crippen molar-refractivity contribution in [1.29, 1.82) is 0 Å². The maximum Gasteiger partial charge on any atom is 0.342 e. The first-order chi connectivity index (χ1) is 7.54. The van der Waals surface area contributed by atoms with Crippen LogP contribution in [0.1, 0.15) is 10.4 Å². The lowest BCUT2D eigenvalue weighted by atomic mass is 10.1. The van der Waals surface area contributed by atoms with Crippen molar-refractivity contribution in [3.63, 3.8) is 0 Å². The minimum absolute atomic E-state index is 0.160. The van der Waals surface area contributed by atoms with Gasteiger partial charge in [-0.25, -0.2) is 9.18 Å². The average Bonchev–Trinajstić information content (AvgIpc) is 2.53. The number of nitrogen functional groups attached to an aromatic ring is 1. The Balaban J connectivity index is 2.84. The number of aromatic nitrogens is 1. The first kappa shape index (κ1) is 10.9. The van der Waals surface area contributed by atoms with Crippen LogP contribution in [0.2, 0.25) is 0 Å². The Labute approximate surface area is 98.7 Å². The van der Waals surface area contributed by atoms with Crippen molar-refractivity contribution in [2.75, 3.05) is 12.8 Å². The minimum Gasteiger partial charge on any atom is -0.465 e. The number of fused-ring (bicyclic) bond motifs is 1. The number of ether oxygens (including phenoxy) is 1. The smallest absolute Gasteiger partial charge is 0.342 e. The molecule has 3 N–H and O–H groups in total. The fourth-order valence-corrected chi connectivity index (χ4v) is 2.21. The zero-order chi connectivity index (χ0) is 11.9. The molecule has 0 fully saturated rings. The van der Waals surface area contributed by atoms with Crippen molar-refractivity contribution in [2.24, 2.45) is 0 Å². The topological polar surface area (TPSA) is 68.1 Å². The van der Waals surface area contributed by atoms with Gasteiger partial charge in [0.2, 0.25) is 0 Å². The number of carbonyl (C=O) groups excluding carboxylic acids is 1. The van der Waals surface area contributed by atoms with Gasteiger partial charge in [0.15, 0.2) is 0 Å². The maximum atomic E-state index is 13.1. The molecule has 0 aliphatic carbocycles. The van der Waals surface area contributed by atoms with Crippen molar-refractivity contribution in [2.45, 2.75) is 0 Å². The Morgan fingerprint density at radius 1 is 1.56 bits per heavy atom. The molecule has 6 heteroatoms. The zero-order valence-electron chi connectivity index (χ0n) is 8.30. The van der Waals surface area contributed by atoms with Crippen LogP contribution in [0.5, 0.6) is 0 Å². The third-order valence-corrected chi connectivity index (χ3v) is 2.86. The summed E-state index contributed by atoms with van der Waals surface area (Å²) in [4.78, 5) is 14.2. The van der Waals surface area contributed by atoms with Crippen LogP contribution in [0.25, 0.3) is 10.9 Å². The van der Waals surface area contributed by atoms with Crippen LogP contribution in [-0.2, 0) is 4.74 Å². The van der Waals surface area contributed by atoms with Gasteiger partial charge in [0, 0.05) is 9.86 Å². The number of nitrogens with one attached hydrogen (secondary N) is 1. The van der Waals surface area contributed by atoms with E-state index in [0.717, 1.165) is 0 Å². The van der Waals surface area contributed by atoms with E-state index in [1.54, 1.807) is 0 Å². The number of esters is 1. The molecule has 1 aromatic heterocycles. The van der Waals surface area contributed by atoms with Crippen molar-refractivity contribution >= 4 is 38.6 Å². The highest BCUT2D eigenvalue weighted by Crippen LogP contribution is 2.32. The molecule has 0 saturated heterocycles. The molecule has 0 saturated carbocycles. The summed E-state index contributed by atoms with van der Waals surface area (Å²) in [6, 6.07) is 2.53. The lowest BCUT2D eigenvalue weighted by molar-refractivity contribution is 0.0604. The van der Waals surface area contributed by atoms with Gasteiger partial charge in [-0.1, -0.05) is 0 Å². The number of nitrogens with two attached hydrogens (primary N) is 1. The third kappa shape index (κ3) is 1.55. The monoisotopic (exact) mass is 286 g/mol. The molecule has 0 unspecified atom stereocenters. The van der Waals surface area contributed by atoms with Gasteiger partial charge in [0.05, 0.1) is 12.6 Å². The first-order valence-electron chi connectivity index (χ1n) is 4.39. The number of rotatable bonds is 1. The summed E-state index contributed by atoms with van der Waals surface area (Å²) >= 11 is 3.19. The quantitative estimate of drug-likeness (QED) is 0.791. The first-order valence-corrected chi connectivity index (χ1v) is 5.18. The number of carbonyl (C=O) groups is 1. The fraction of sp³-hybridized carbons (Fsp3) is 0.100. The molecule has 0 atom stereocenters. The van der Waals surface area contributed by atoms with E-state index in [-0.39, 0.29) is 11.4 Å². The van der Waals surface area contributed by atoms with E-state index >= 15 is 0 Å². The third-order valence-electron chi connectivity index (χ3n) is 2.23. The lowest BCUT2D eigenvalue weighted by Crippen LogP contribution is -2.04. The molecule has 2 aromatic rings. The Bertz CT molecular complexity index is 580. The predicted octanol–water partition coefficient (Wildman–Crippen LogP) is 2.44. The van der Waals surface area contributed by atoms with Crippen LogP contribution >= 0.6 is 15.9 Å². The summed E-state index contributed by atoms with van der Waals surface area (Å²) < 4.78 is 18.2. The van der Waals surface area contributed by atoms with E-state index in [0.29, 0.717) is 15.4 Å². The molecule has 0 radical (unpaired) electrons. The lowest BCUT2D eigenvalue weighted by Gasteiger charge is -2.00. The zero-order valence-corrected chi connectivity index (χ0v) is 9.89. The van der Waals surface area contributed by atoms with Gasteiger partial charge in [0.25, 0.3) is 0 Å². The van der Waals surface area contributed by atoms with Crippen LogP contribution in [0, 0.1) is 5.82 Å². The second-order valence-corrected chi connectivity index (χ2v) is 4.07. The van der Waals surface area contributed by atoms with Crippen molar-refractivity contribution in [3.05, 3.63) is 28.0 Å². The van der Waals surface area contributed by atoms with E-state index in [2.05, 4.69) is 25.7 Å². The van der Waals surface area contributed by atoms with Crippen LogP contribution < -0.4 is 5.73 Å². The molecule has 1 heterocycles. The summed E-state index contributed by atoms with van der Waals surface area (Å²) in [5.41, 5.74) is 6.31. The molecule has 0 aliphatic rings. The van der Waals surface area contributed by atoms with Gasteiger partial charge in [-0.15, -0.1) is 0 Å². The van der Waals surface area contributed by atoms with Crippen LogP contribution in [0.15, 0.2) is 16.6 Å². The second kappa shape index (κ2) is 3.79. The molecule has 2 rings (SSSR count). The van der Waals surface area contributed by atoms with Gasteiger partial charge in [-0.2, -0.15) is 0 Å². The number of H-pyrrole nitrogens is 1. The van der Waals surface area contributed by atoms with Crippen LogP contribution in [0.3, 0.4) is 0 Å². The van der Waals surface area contributed by atoms with Crippen LogP contribution in [-0.4, -0.2) is 18.1 Å². The van der Waals surface area contributed by atoms with E-state index in [9.17, 15) is 9.18 Å². The van der Waals surface area contributed by atoms with Crippen molar-refractivity contribution in [3.8, 4) is 0 Å². The molecule has 4 nitrogen and oxygen atoms in total. The number of methoxy groups -OCH3 is 1. The molecule has 1 aromatic carbocycles. The number of benzene rings is 1. The highest BCUT2D eigenvalue weighted by molar-refractivity contribution is 9.10. The summed E-state index contributed by atoms with van der Waals surface area (Å²) in [5.74, 6) is -0.818. The maximum absolute atomic E-state index is 13.1. The Hall–Kier alpha value is -1.56.